The largest absolute Gasteiger partial charge is 0.380 e. The Morgan fingerprint density at radius 3 is 2.50 bits per heavy atom. The zero-order valence-electron chi connectivity index (χ0n) is 11.0. The van der Waals surface area contributed by atoms with Gasteiger partial charge in [-0.25, -0.2) is 4.98 Å². The topological polar surface area (TPSA) is 34.1 Å². The van der Waals surface area contributed by atoms with Gasteiger partial charge in [0.05, 0.1) is 11.6 Å². The van der Waals surface area contributed by atoms with Crippen LogP contribution in [0.1, 0.15) is 38.4 Å². The molecule has 92 valence electrons. The van der Waals surface area contributed by atoms with Gasteiger partial charge in [0.2, 0.25) is 0 Å². The highest BCUT2D eigenvalue weighted by Crippen LogP contribution is 2.24. The number of aryl methyl sites for hydroxylation is 1. The number of rotatable bonds is 5. The highest BCUT2D eigenvalue weighted by atomic mass is 32.1. The number of ether oxygens (including phenoxy) is 1. The Bertz CT molecular complexity index is 336. The predicted molar refractivity (Wildman–Crippen MR) is 68.9 cm³/mol. The zero-order chi connectivity index (χ0) is 12.3. The lowest BCUT2D eigenvalue weighted by Gasteiger charge is -2.31. The Hall–Kier alpha value is -0.450. The van der Waals surface area contributed by atoms with Gasteiger partial charge in [0, 0.05) is 24.2 Å². The molecule has 2 unspecified atom stereocenters. The molecule has 0 radical (unpaired) electrons. The summed E-state index contributed by atoms with van der Waals surface area (Å²) in [6.45, 7) is 10.5. The number of hydrogen-bond acceptors (Lipinski definition) is 4. The molecular weight excluding hydrogens is 220 g/mol. The summed E-state index contributed by atoms with van der Waals surface area (Å²) in [5, 5.41) is 6.77. The normalized spacial score (nSPS) is 16.1. The first kappa shape index (κ1) is 13.6. The maximum Gasteiger partial charge on any atom is 0.112 e. The van der Waals surface area contributed by atoms with Crippen LogP contribution >= 0.6 is 11.3 Å². The molecule has 1 aromatic heterocycles. The fourth-order valence-electron chi connectivity index (χ4n) is 1.59. The molecule has 0 saturated heterocycles. The van der Waals surface area contributed by atoms with Crippen molar-refractivity contribution in [2.45, 2.75) is 52.3 Å². The summed E-state index contributed by atoms with van der Waals surface area (Å²) < 4.78 is 5.32. The van der Waals surface area contributed by atoms with E-state index in [-0.39, 0.29) is 11.6 Å². The van der Waals surface area contributed by atoms with Gasteiger partial charge in [0.1, 0.15) is 5.01 Å². The van der Waals surface area contributed by atoms with E-state index in [0.29, 0.717) is 6.04 Å². The average Bonchev–Trinajstić information content (AvgIpc) is 2.63. The van der Waals surface area contributed by atoms with Crippen LogP contribution in [0.2, 0.25) is 0 Å². The first-order chi connectivity index (χ1) is 7.36. The lowest BCUT2D eigenvalue weighted by atomic mass is 10.0. The van der Waals surface area contributed by atoms with Gasteiger partial charge in [-0.2, -0.15) is 0 Å². The van der Waals surface area contributed by atoms with Crippen LogP contribution in [0.4, 0.5) is 0 Å². The SMILES string of the molecule is COC(C)C(C)NC(C)(C)c1nc(C)cs1. The summed E-state index contributed by atoms with van der Waals surface area (Å²) in [5.74, 6) is 0. The van der Waals surface area contributed by atoms with Crippen molar-refractivity contribution >= 4 is 11.3 Å². The third-order valence-corrected chi connectivity index (χ3v) is 4.10. The van der Waals surface area contributed by atoms with Crippen molar-refractivity contribution in [2.75, 3.05) is 7.11 Å². The van der Waals surface area contributed by atoms with Gasteiger partial charge in [-0.05, 0) is 34.6 Å². The van der Waals surface area contributed by atoms with Crippen LogP contribution in [0.5, 0.6) is 0 Å². The van der Waals surface area contributed by atoms with Crippen molar-refractivity contribution in [3.63, 3.8) is 0 Å². The van der Waals surface area contributed by atoms with E-state index in [1.54, 1.807) is 18.4 Å². The second-order valence-corrected chi connectivity index (χ2v) is 5.65. The first-order valence-corrected chi connectivity index (χ1v) is 6.48. The summed E-state index contributed by atoms with van der Waals surface area (Å²) in [6.07, 6.45) is 0.195. The minimum Gasteiger partial charge on any atom is -0.380 e. The molecule has 0 amide bonds. The highest BCUT2D eigenvalue weighted by molar-refractivity contribution is 7.09. The van der Waals surface area contributed by atoms with Gasteiger partial charge in [-0.3, -0.25) is 0 Å². The molecule has 0 aromatic carbocycles. The fourth-order valence-corrected chi connectivity index (χ4v) is 2.48. The van der Waals surface area contributed by atoms with Gasteiger partial charge in [0.15, 0.2) is 0 Å². The van der Waals surface area contributed by atoms with E-state index in [1.165, 1.54) is 0 Å². The maximum absolute atomic E-state index is 5.32. The number of methoxy groups -OCH3 is 1. The first-order valence-electron chi connectivity index (χ1n) is 5.60. The monoisotopic (exact) mass is 242 g/mol. The Kier molecular flexibility index (Phi) is 4.47. The van der Waals surface area contributed by atoms with Crippen LogP contribution in [0.15, 0.2) is 5.38 Å². The molecule has 1 aromatic rings. The molecule has 0 bridgehead atoms. The van der Waals surface area contributed by atoms with Crippen LogP contribution < -0.4 is 5.32 Å². The predicted octanol–water partition coefficient (Wildman–Crippen LogP) is 2.70. The maximum atomic E-state index is 5.32. The molecule has 0 saturated carbocycles. The zero-order valence-corrected chi connectivity index (χ0v) is 11.8. The smallest absolute Gasteiger partial charge is 0.112 e. The quantitative estimate of drug-likeness (QED) is 0.862. The third kappa shape index (κ3) is 3.27. The molecule has 1 N–H and O–H groups in total. The molecule has 0 aliphatic carbocycles. The van der Waals surface area contributed by atoms with Crippen molar-refractivity contribution in [1.29, 1.82) is 0 Å². The molecule has 1 rings (SSSR count). The van der Waals surface area contributed by atoms with Crippen molar-refractivity contribution in [2.24, 2.45) is 0 Å². The average molecular weight is 242 g/mol. The highest BCUT2D eigenvalue weighted by Gasteiger charge is 2.27. The third-order valence-electron chi connectivity index (χ3n) is 2.82. The lowest BCUT2D eigenvalue weighted by molar-refractivity contribution is 0.0776. The second-order valence-electron chi connectivity index (χ2n) is 4.79. The van der Waals surface area contributed by atoms with Crippen molar-refractivity contribution < 1.29 is 4.74 Å². The summed E-state index contributed by atoms with van der Waals surface area (Å²) in [7, 11) is 1.74. The van der Waals surface area contributed by atoms with Crippen LogP contribution in [0, 0.1) is 6.92 Å². The molecule has 0 aliphatic rings. The lowest BCUT2D eigenvalue weighted by Crippen LogP contribution is -2.47. The van der Waals surface area contributed by atoms with E-state index in [2.05, 4.69) is 43.4 Å². The van der Waals surface area contributed by atoms with E-state index in [0.717, 1.165) is 10.7 Å². The second kappa shape index (κ2) is 5.25. The van der Waals surface area contributed by atoms with Crippen LogP contribution in [-0.4, -0.2) is 24.2 Å². The number of aromatic nitrogens is 1. The van der Waals surface area contributed by atoms with E-state index in [9.17, 15) is 0 Å². The Labute approximate surface area is 102 Å². The van der Waals surface area contributed by atoms with Crippen molar-refractivity contribution in [1.82, 2.24) is 10.3 Å². The molecule has 0 spiro atoms. The van der Waals surface area contributed by atoms with Crippen LogP contribution in [0.3, 0.4) is 0 Å². The number of hydrogen-bond donors (Lipinski definition) is 1. The molecule has 0 aliphatic heterocycles. The molecular formula is C12H22N2OS. The summed E-state index contributed by atoms with van der Waals surface area (Å²) >= 11 is 1.70. The minimum absolute atomic E-state index is 0.106. The molecule has 4 heteroatoms. The van der Waals surface area contributed by atoms with Gasteiger partial charge in [-0.1, -0.05) is 0 Å². The van der Waals surface area contributed by atoms with E-state index in [1.807, 2.05) is 6.92 Å². The minimum atomic E-state index is -0.106. The Morgan fingerprint density at radius 1 is 1.44 bits per heavy atom. The standard InChI is InChI=1S/C12H22N2OS/c1-8-7-16-11(13-8)12(4,5)14-9(2)10(3)15-6/h7,9-10,14H,1-6H3. The summed E-state index contributed by atoms with van der Waals surface area (Å²) in [4.78, 5) is 4.54. The van der Waals surface area contributed by atoms with Gasteiger partial charge in [-0.15, -0.1) is 11.3 Å². The van der Waals surface area contributed by atoms with E-state index >= 15 is 0 Å². The van der Waals surface area contributed by atoms with Gasteiger partial charge in [0.25, 0.3) is 0 Å². The molecule has 1 heterocycles. The van der Waals surface area contributed by atoms with Crippen molar-refractivity contribution in [3.05, 3.63) is 16.1 Å². The number of nitrogens with zero attached hydrogens (tertiary/aromatic N) is 1. The van der Waals surface area contributed by atoms with Gasteiger partial charge >= 0.3 is 0 Å². The van der Waals surface area contributed by atoms with E-state index in [4.69, 9.17) is 4.74 Å². The van der Waals surface area contributed by atoms with Crippen LogP contribution in [-0.2, 0) is 10.3 Å². The summed E-state index contributed by atoms with van der Waals surface area (Å²) in [6, 6.07) is 0.296. The van der Waals surface area contributed by atoms with E-state index < -0.39 is 0 Å². The number of nitrogens with one attached hydrogen (secondary N) is 1. The molecule has 3 nitrogen and oxygen atoms in total. The van der Waals surface area contributed by atoms with Gasteiger partial charge < -0.3 is 10.1 Å². The molecule has 2 atom stereocenters. The Balaban J connectivity index is 2.71. The van der Waals surface area contributed by atoms with Crippen LogP contribution in [0.25, 0.3) is 0 Å². The molecule has 16 heavy (non-hydrogen) atoms. The summed E-state index contributed by atoms with van der Waals surface area (Å²) in [5.41, 5.74) is 0.979. The fraction of sp³-hybridized carbons (Fsp3) is 0.750. The number of thiazole rings is 1. The van der Waals surface area contributed by atoms with Crippen molar-refractivity contribution in [3.8, 4) is 0 Å². The molecule has 0 fully saturated rings. The Morgan fingerprint density at radius 2 is 2.06 bits per heavy atom.